The van der Waals surface area contributed by atoms with Gasteiger partial charge in [-0.2, -0.15) is 0 Å². The second-order valence-corrected chi connectivity index (χ2v) is 3.61. The highest BCUT2D eigenvalue weighted by molar-refractivity contribution is 6.06. The maximum Gasteiger partial charge on any atom is 0.328 e. The molecule has 3 amide bonds. The van der Waals surface area contributed by atoms with Gasteiger partial charge < -0.3 is 0 Å². The number of anilines is 1. The minimum Gasteiger partial charge on any atom is -0.291 e. The van der Waals surface area contributed by atoms with Gasteiger partial charge in [-0.05, 0) is 19.1 Å². The number of carbonyl (C=O) groups is 2. The molecule has 78 valence electrons. The van der Waals surface area contributed by atoms with Crippen LogP contribution in [0.2, 0.25) is 0 Å². The van der Waals surface area contributed by atoms with E-state index in [1.165, 1.54) is 0 Å². The minimum atomic E-state index is -0.343. The molecule has 1 aliphatic heterocycles. The second-order valence-electron chi connectivity index (χ2n) is 3.61. The number of imide groups is 1. The number of benzene rings is 1. The lowest BCUT2D eigenvalue weighted by molar-refractivity contribution is -0.120. The van der Waals surface area contributed by atoms with Gasteiger partial charge in [0.15, 0.2) is 0 Å². The Bertz CT molecular complexity index is 389. The summed E-state index contributed by atoms with van der Waals surface area (Å²) in [5.41, 5.74) is 0.815. The van der Waals surface area contributed by atoms with E-state index in [0.29, 0.717) is 6.42 Å². The normalized spacial score (nSPS) is 21.4. The molecule has 0 aromatic heterocycles. The molecule has 1 unspecified atom stereocenters. The van der Waals surface area contributed by atoms with Crippen LogP contribution in [0, 0.1) is 0 Å². The van der Waals surface area contributed by atoms with Crippen molar-refractivity contribution in [1.29, 1.82) is 0 Å². The first-order chi connectivity index (χ1) is 7.18. The van der Waals surface area contributed by atoms with E-state index in [0.717, 1.165) is 5.69 Å². The number of urea groups is 1. The lowest BCUT2D eigenvalue weighted by atomic mass is 10.1. The third-order valence-corrected chi connectivity index (χ3v) is 2.42. The molecule has 1 aliphatic rings. The summed E-state index contributed by atoms with van der Waals surface area (Å²) < 4.78 is 0. The number of hydrogen-bond acceptors (Lipinski definition) is 2. The predicted molar refractivity (Wildman–Crippen MR) is 56.5 cm³/mol. The second kappa shape index (κ2) is 3.73. The molecule has 0 saturated carbocycles. The summed E-state index contributed by atoms with van der Waals surface area (Å²) in [5.74, 6) is -0.209. The quantitative estimate of drug-likeness (QED) is 0.754. The Morgan fingerprint density at radius 1 is 1.27 bits per heavy atom. The molecular formula is C11H12N2O2. The summed E-state index contributed by atoms with van der Waals surface area (Å²) in [4.78, 5) is 24.3. The smallest absolute Gasteiger partial charge is 0.291 e. The maximum atomic E-state index is 11.6. The van der Waals surface area contributed by atoms with Gasteiger partial charge in [-0.1, -0.05) is 18.2 Å². The molecule has 1 saturated heterocycles. The molecule has 15 heavy (non-hydrogen) atoms. The zero-order valence-electron chi connectivity index (χ0n) is 8.43. The van der Waals surface area contributed by atoms with Gasteiger partial charge in [-0.15, -0.1) is 0 Å². The van der Waals surface area contributed by atoms with E-state index < -0.39 is 0 Å². The van der Waals surface area contributed by atoms with Gasteiger partial charge in [0, 0.05) is 18.2 Å². The molecule has 4 heteroatoms. The fraction of sp³-hybridized carbons (Fsp3) is 0.273. The topological polar surface area (TPSA) is 49.4 Å². The van der Waals surface area contributed by atoms with E-state index in [4.69, 9.17) is 0 Å². The first-order valence-corrected chi connectivity index (χ1v) is 4.86. The molecule has 0 bridgehead atoms. The maximum absolute atomic E-state index is 11.6. The Morgan fingerprint density at radius 3 is 2.53 bits per heavy atom. The molecule has 1 aromatic carbocycles. The number of carbonyl (C=O) groups excluding carboxylic acids is 2. The van der Waals surface area contributed by atoms with Gasteiger partial charge in [0.25, 0.3) is 0 Å². The number of rotatable bonds is 1. The molecule has 1 aromatic rings. The van der Waals surface area contributed by atoms with Crippen molar-refractivity contribution in [3.05, 3.63) is 30.3 Å². The fourth-order valence-electron chi connectivity index (χ4n) is 1.75. The van der Waals surface area contributed by atoms with Crippen LogP contribution in [-0.4, -0.2) is 18.0 Å². The van der Waals surface area contributed by atoms with E-state index in [9.17, 15) is 9.59 Å². The van der Waals surface area contributed by atoms with E-state index in [-0.39, 0.29) is 18.0 Å². The van der Waals surface area contributed by atoms with E-state index in [1.54, 1.807) is 4.90 Å². The van der Waals surface area contributed by atoms with Crippen LogP contribution >= 0.6 is 0 Å². The molecule has 1 fully saturated rings. The van der Waals surface area contributed by atoms with Crippen molar-refractivity contribution in [2.24, 2.45) is 0 Å². The van der Waals surface area contributed by atoms with E-state index in [1.807, 2.05) is 37.3 Å². The first-order valence-electron chi connectivity index (χ1n) is 4.86. The third-order valence-electron chi connectivity index (χ3n) is 2.42. The summed E-state index contributed by atoms with van der Waals surface area (Å²) in [6.45, 7) is 1.86. The number of amides is 3. The SMILES string of the molecule is CC1CC(=O)NC(=O)N1c1ccccc1. The summed E-state index contributed by atoms with van der Waals surface area (Å²) in [6, 6.07) is 8.90. The van der Waals surface area contributed by atoms with Crippen LogP contribution in [0.15, 0.2) is 30.3 Å². The molecule has 4 nitrogen and oxygen atoms in total. The monoisotopic (exact) mass is 204 g/mol. The van der Waals surface area contributed by atoms with Crippen molar-refractivity contribution >= 4 is 17.6 Å². The molecule has 1 N–H and O–H groups in total. The lowest BCUT2D eigenvalue weighted by Crippen LogP contribution is -2.54. The molecule has 0 radical (unpaired) electrons. The van der Waals surface area contributed by atoms with Crippen molar-refractivity contribution in [2.45, 2.75) is 19.4 Å². The predicted octanol–water partition coefficient (Wildman–Crippen LogP) is 1.52. The minimum absolute atomic E-state index is 0.0892. The zero-order chi connectivity index (χ0) is 10.8. The van der Waals surface area contributed by atoms with Gasteiger partial charge >= 0.3 is 6.03 Å². The molecular weight excluding hydrogens is 192 g/mol. The fourth-order valence-corrected chi connectivity index (χ4v) is 1.75. The van der Waals surface area contributed by atoms with E-state index in [2.05, 4.69) is 5.32 Å². The summed E-state index contributed by atoms with van der Waals surface area (Å²) in [6.07, 6.45) is 0.348. The summed E-state index contributed by atoms with van der Waals surface area (Å²) >= 11 is 0. The average molecular weight is 204 g/mol. The summed E-state index contributed by atoms with van der Waals surface area (Å²) in [5, 5.41) is 2.31. The first kappa shape index (κ1) is 9.71. The summed E-state index contributed by atoms with van der Waals surface area (Å²) in [7, 11) is 0. The Morgan fingerprint density at radius 2 is 1.93 bits per heavy atom. The van der Waals surface area contributed by atoms with E-state index >= 15 is 0 Å². The van der Waals surface area contributed by atoms with Crippen LogP contribution in [-0.2, 0) is 4.79 Å². The van der Waals surface area contributed by atoms with Crippen LogP contribution < -0.4 is 10.2 Å². The van der Waals surface area contributed by atoms with Gasteiger partial charge in [0.2, 0.25) is 5.91 Å². The van der Waals surface area contributed by atoms with Crippen LogP contribution in [0.4, 0.5) is 10.5 Å². The Hall–Kier alpha value is -1.84. The van der Waals surface area contributed by atoms with Crippen LogP contribution in [0.3, 0.4) is 0 Å². The average Bonchev–Trinajstić information content (AvgIpc) is 2.17. The van der Waals surface area contributed by atoms with Crippen LogP contribution in [0.1, 0.15) is 13.3 Å². The van der Waals surface area contributed by atoms with Crippen molar-refractivity contribution in [2.75, 3.05) is 4.90 Å². The standard InChI is InChI=1S/C11H12N2O2/c1-8-7-10(14)12-11(15)13(8)9-5-3-2-4-6-9/h2-6,8H,7H2,1H3,(H,12,14,15). The molecule has 1 atom stereocenters. The number of hydrogen-bond donors (Lipinski definition) is 1. The molecule has 0 spiro atoms. The zero-order valence-corrected chi connectivity index (χ0v) is 8.43. The Labute approximate surface area is 87.9 Å². The number of para-hydroxylation sites is 1. The highest BCUT2D eigenvalue weighted by Gasteiger charge is 2.30. The molecule has 2 rings (SSSR count). The Balaban J connectivity index is 2.29. The largest absolute Gasteiger partial charge is 0.328 e. The van der Waals surface area contributed by atoms with Gasteiger partial charge in [0.05, 0.1) is 0 Å². The highest BCUT2D eigenvalue weighted by atomic mass is 16.2. The number of nitrogens with one attached hydrogen (secondary N) is 1. The van der Waals surface area contributed by atoms with Gasteiger partial charge in [-0.25, -0.2) is 4.79 Å². The lowest BCUT2D eigenvalue weighted by Gasteiger charge is -2.32. The van der Waals surface area contributed by atoms with Gasteiger partial charge in [0.1, 0.15) is 0 Å². The Kier molecular flexibility index (Phi) is 2.41. The van der Waals surface area contributed by atoms with Crippen LogP contribution in [0.25, 0.3) is 0 Å². The highest BCUT2D eigenvalue weighted by Crippen LogP contribution is 2.20. The number of nitrogens with zero attached hydrogens (tertiary/aromatic N) is 1. The van der Waals surface area contributed by atoms with Crippen molar-refractivity contribution in [3.63, 3.8) is 0 Å². The van der Waals surface area contributed by atoms with Crippen molar-refractivity contribution < 1.29 is 9.59 Å². The molecule has 0 aliphatic carbocycles. The van der Waals surface area contributed by atoms with Crippen molar-refractivity contribution in [1.82, 2.24) is 5.32 Å². The van der Waals surface area contributed by atoms with Gasteiger partial charge in [-0.3, -0.25) is 15.0 Å². The van der Waals surface area contributed by atoms with Crippen molar-refractivity contribution in [3.8, 4) is 0 Å². The molecule has 1 heterocycles. The van der Waals surface area contributed by atoms with Crippen LogP contribution in [0.5, 0.6) is 0 Å². The third kappa shape index (κ3) is 1.83.